The summed E-state index contributed by atoms with van der Waals surface area (Å²) in [6.07, 6.45) is -3.37. The molecule has 1 fully saturated rings. The zero-order valence-corrected chi connectivity index (χ0v) is 21.8. The van der Waals surface area contributed by atoms with E-state index >= 15 is 0 Å². The van der Waals surface area contributed by atoms with Crippen LogP contribution in [-0.2, 0) is 27.9 Å². The van der Waals surface area contributed by atoms with Crippen molar-refractivity contribution < 1.29 is 37.0 Å². The highest BCUT2D eigenvalue weighted by atomic mass is 19.4. The van der Waals surface area contributed by atoms with Gasteiger partial charge in [-0.1, -0.05) is 42.5 Å². The van der Waals surface area contributed by atoms with E-state index < -0.39 is 41.8 Å². The lowest BCUT2D eigenvalue weighted by Crippen LogP contribution is -2.47. The molecule has 1 aliphatic rings. The molecule has 40 heavy (non-hydrogen) atoms. The van der Waals surface area contributed by atoms with E-state index in [2.05, 4.69) is 4.98 Å². The molecule has 212 valence electrons. The van der Waals surface area contributed by atoms with Crippen LogP contribution in [0.4, 0.5) is 22.4 Å². The predicted octanol–water partition coefficient (Wildman–Crippen LogP) is 4.98. The van der Waals surface area contributed by atoms with Gasteiger partial charge in [0, 0.05) is 32.3 Å². The third kappa shape index (κ3) is 6.77. The minimum atomic E-state index is -4.67. The summed E-state index contributed by atoms with van der Waals surface area (Å²) in [7, 11) is 1.43. The van der Waals surface area contributed by atoms with Crippen molar-refractivity contribution in [1.82, 2.24) is 14.8 Å². The highest BCUT2D eigenvalue weighted by Gasteiger charge is 2.39. The van der Waals surface area contributed by atoms with Crippen molar-refractivity contribution in [3.63, 3.8) is 0 Å². The molecule has 3 aromatic rings. The van der Waals surface area contributed by atoms with Gasteiger partial charge in [0.25, 0.3) is 0 Å². The van der Waals surface area contributed by atoms with Crippen molar-refractivity contribution in [3.8, 4) is 0 Å². The average Bonchev–Trinajstić information content (AvgIpc) is 2.95. The smallest absolute Gasteiger partial charge is 0.416 e. The van der Waals surface area contributed by atoms with Crippen molar-refractivity contribution in [1.29, 1.82) is 0 Å². The fourth-order valence-electron chi connectivity index (χ4n) is 4.81. The Morgan fingerprint density at radius 1 is 1.00 bits per heavy atom. The zero-order chi connectivity index (χ0) is 28.9. The summed E-state index contributed by atoms with van der Waals surface area (Å²) in [6.45, 7) is 0.261. The number of ether oxygens (including phenoxy) is 1. The standard InChI is InChI=1S/C29H29F4N3O4/c1-35(26(37)21-11-14-36(15-12-21)27(38)40-18-20-6-3-2-4-7-20)19-28(39,23-10-13-34-25(30)17-23)22-8-5-9-24(16-22)29(31,32)33/h2-10,13,16-17,21,39H,11-12,14-15,18-19H2,1H3. The Morgan fingerprint density at radius 3 is 2.30 bits per heavy atom. The molecule has 2 heterocycles. The summed E-state index contributed by atoms with van der Waals surface area (Å²) >= 11 is 0. The number of hydrogen-bond acceptors (Lipinski definition) is 5. The SMILES string of the molecule is CN(CC(O)(c1cccc(C(F)(F)F)c1)c1ccnc(F)c1)C(=O)C1CCN(C(=O)OCc2ccccc2)CC1. The van der Waals surface area contributed by atoms with Crippen LogP contribution in [0.5, 0.6) is 0 Å². The van der Waals surface area contributed by atoms with Crippen LogP contribution in [-0.4, -0.2) is 58.6 Å². The number of piperidine rings is 1. The maximum absolute atomic E-state index is 14.0. The number of aliphatic hydroxyl groups is 1. The number of carbonyl (C=O) groups excluding carboxylic acids is 2. The second-order valence-corrected chi connectivity index (χ2v) is 9.80. The number of amides is 2. The van der Waals surface area contributed by atoms with Crippen molar-refractivity contribution >= 4 is 12.0 Å². The quantitative estimate of drug-likeness (QED) is 0.326. The molecule has 11 heteroatoms. The van der Waals surface area contributed by atoms with Gasteiger partial charge in [-0.3, -0.25) is 4.79 Å². The van der Waals surface area contributed by atoms with Gasteiger partial charge in [0.2, 0.25) is 11.9 Å². The lowest BCUT2D eigenvalue weighted by atomic mass is 9.85. The van der Waals surface area contributed by atoms with E-state index in [1.165, 1.54) is 29.0 Å². The third-order valence-corrected chi connectivity index (χ3v) is 7.02. The molecule has 1 N–H and O–H groups in total. The highest BCUT2D eigenvalue weighted by molar-refractivity contribution is 5.79. The first-order valence-corrected chi connectivity index (χ1v) is 12.7. The molecule has 1 aliphatic heterocycles. The molecule has 1 aromatic heterocycles. The molecular weight excluding hydrogens is 530 g/mol. The maximum Gasteiger partial charge on any atom is 0.416 e. The molecule has 0 bridgehead atoms. The van der Waals surface area contributed by atoms with Gasteiger partial charge in [-0.05, 0) is 53.8 Å². The third-order valence-electron chi connectivity index (χ3n) is 7.02. The molecule has 0 saturated carbocycles. The molecule has 1 unspecified atom stereocenters. The Bertz CT molecular complexity index is 1330. The van der Waals surface area contributed by atoms with Crippen LogP contribution in [0.1, 0.15) is 35.1 Å². The number of benzene rings is 2. The van der Waals surface area contributed by atoms with E-state index in [-0.39, 0.29) is 36.7 Å². The Labute approximate surface area is 229 Å². The van der Waals surface area contributed by atoms with Crippen LogP contribution >= 0.6 is 0 Å². The molecular formula is C29H29F4N3O4. The summed E-state index contributed by atoms with van der Waals surface area (Å²) in [5.41, 5.74) is -2.49. The molecule has 7 nitrogen and oxygen atoms in total. The summed E-state index contributed by atoms with van der Waals surface area (Å²) < 4.78 is 59.6. The second-order valence-electron chi connectivity index (χ2n) is 9.80. The van der Waals surface area contributed by atoms with Gasteiger partial charge in [-0.15, -0.1) is 0 Å². The van der Waals surface area contributed by atoms with Crippen LogP contribution in [0.3, 0.4) is 0 Å². The summed E-state index contributed by atoms with van der Waals surface area (Å²) in [4.78, 5) is 32.0. The van der Waals surface area contributed by atoms with Crippen LogP contribution in [0.25, 0.3) is 0 Å². The van der Waals surface area contributed by atoms with Crippen LogP contribution < -0.4 is 0 Å². The minimum absolute atomic E-state index is 0.0463. The number of nitrogens with zero attached hydrogens (tertiary/aromatic N) is 3. The first-order valence-electron chi connectivity index (χ1n) is 12.7. The van der Waals surface area contributed by atoms with Gasteiger partial charge < -0.3 is 19.6 Å². The topological polar surface area (TPSA) is 83.0 Å². The first-order chi connectivity index (χ1) is 19.0. The second kappa shape index (κ2) is 12.0. The van der Waals surface area contributed by atoms with Crippen molar-refractivity contribution in [2.24, 2.45) is 5.92 Å². The van der Waals surface area contributed by atoms with Gasteiger partial charge in [0.15, 0.2) is 0 Å². The largest absolute Gasteiger partial charge is 0.445 e. The summed E-state index contributed by atoms with van der Waals surface area (Å²) in [5.74, 6) is -1.76. The molecule has 2 amide bonds. The number of pyridine rings is 1. The number of hydrogen-bond donors (Lipinski definition) is 1. The number of carbonyl (C=O) groups is 2. The molecule has 1 saturated heterocycles. The number of rotatable bonds is 7. The van der Waals surface area contributed by atoms with E-state index in [9.17, 15) is 32.3 Å². The number of halogens is 4. The lowest BCUT2D eigenvalue weighted by molar-refractivity contribution is -0.139. The van der Waals surface area contributed by atoms with Crippen molar-refractivity contribution in [3.05, 3.63) is 101 Å². The Kier molecular flexibility index (Phi) is 8.73. The van der Waals surface area contributed by atoms with E-state index in [1.807, 2.05) is 30.3 Å². The molecule has 1 atom stereocenters. The monoisotopic (exact) mass is 559 g/mol. The van der Waals surface area contributed by atoms with Gasteiger partial charge in [0.1, 0.15) is 12.2 Å². The van der Waals surface area contributed by atoms with Crippen LogP contribution in [0.15, 0.2) is 72.9 Å². The summed E-state index contributed by atoms with van der Waals surface area (Å²) in [5, 5.41) is 11.7. The van der Waals surface area contributed by atoms with Crippen LogP contribution in [0, 0.1) is 11.9 Å². The van der Waals surface area contributed by atoms with Gasteiger partial charge in [-0.2, -0.15) is 17.6 Å². The van der Waals surface area contributed by atoms with E-state index in [0.29, 0.717) is 12.8 Å². The fraction of sp³-hybridized carbons (Fsp3) is 0.345. The number of likely N-dealkylation sites (tertiary alicyclic amines) is 1. The van der Waals surface area contributed by atoms with Crippen molar-refractivity contribution in [2.75, 3.05) is 26.7 Å². The summed E-state index contributed by atoms with van der Waals surface area (Å²) in [6, 6.07) is 15.6. The highest BCUT2D eigenvalue weighted by Crippen LogP contribution is 2.36. The maximum atomic E-state index is 14.0. The normalized spacial score (nSPS) is 15.8. The van der Waals surface area contributed by atoms with Gasteiger partial charge in [-0.25, -0.2) is 9.78 Å². The molecule has 0 aliphatic carbocycles. The molecule has 2 aromatic carbocycles. The molecule has 0 radical (unpaired) electrons. The van der Waals surface area contributed by atoms with Crippen molar-refractivity contribution in [2.45, 2.75) is 31.2 Å². The lowest BCUT2D eigenvalue weighted by Gasteiger charge is -2.37. The minimum Gasteiger partial charge on any atom is -0.445 e. The number of aromatic nitrogens is 1. The van der Waals surface area contributed by atoms with E-state index in [4.69, 9.17) is 4.74 Å². The number of alkyl halides is 3. The fourth-order valence-corrected chi connectivity index (χ4v) is 4.81. The predicted molar refractivity (Wildman–Crippen MR) is 137 cm³/mol. The Balaban J connectivity index is 1.45. The molecule has 4 rings (SSSR count). The zero-order valence-electron chi connectivity index (χ0n) is 21.8. The number of likely N-dealkylation sites (N-methyl/N-ethyl adjacent to an activating group) is 1. The Morgan fingerprint density at radius 2 is 1.65 bits per heavy atom. The van der Waals surface area contributed by atoms with Crippen LogP contribution in [0.2, 0.25) is 0 Å². The van der Waals surface area contributed by atoms with Gasteiger partial charge >= 0.3 is 12.3 Å². The molecule has 0 spiro atoms. The van der Waals surface area contributed by atoms with E-state index in [0.717, 1.165) is 36.0 Å². The first kappa shape index (κ1) is 29.0. The average molecular weight is 560 g/mol. The Hall–Kier alpha value is -3.99. The van der Waals surface area contributed by atoms with E-state index in [1.54, 1.807) is 0 Å². The van der Waals surface area contributed by atoms with Gasteiger partial charge in [0.05, 0.1) is 12.1 Å².